The Balaban J connectivity index is 2.23. The lowest BCUT2D eigenvalue weighted by Crippen LogP contribution is -2.36. The summed E-state index contributed by atoms with van der Waals surface area (Å²) in [5.74, 6) is 5.94. The number of hydrogen-bond donors (Lipinski definition) is 2. The second kappa shape index (κ2) is 6.62. The van der Waals surface area contributed by atoms with E-state index in [-0.39, 0.29) is 23.5 Å². The smallest absolute Gasteiger partial charge is 0.150 e. The molecule has 1 aromatic heterocycles. The van der Waals surface area contributed by atoms with Crippen molar-refractivity contribution in [2.24, 2.45) is 11.8 Å². The summed E-state index contributed by atoms with van der Waals surface area (Å²) < 4.78 is 25.2. The number of nitrogens with zero attached hydrogens (tertiary/aromatic N) is 3. The van der Waals surface area contributed by atoms with Crippen molar-refractivity contribution in [3.63, 3.8) is 0 Å². The minimum atomic E-state index is -2.97. The van der Waals surface area contributed by atoms with Crippen LogP contribution < -0.4 is 11.3 Å². The van der Waals surface area contributed by atoms with Gasteiger partial charge < -0.3 is 4.90 Å². The maximum atomic E-state index is 11.7. The molecule has 1 aliphatic rings. The van der Waals surface area contributed by atoms with Gasteiger partial charge in [0.05, 0.1) is 41.0 Å². The third kappa shape index (κ3) is 3.95. The molecule has 3 N–H and O–H groups in total. The number of nitrogens with one attached hydrogen (secondary N) is 1. The number of rotatable bonds is 6. The molecule has 0 spiro atoms. The highest BCUT2D eigenvalue weighted by Crippen LogP contribution is 2.34. The lowest BCUT2D eigenvalue weighted by atomic mass is 9.97. The fraction of sp³-hybridized carbons (Fsp3) is 0.750. The predicted molar refractivity (Wildman–Crippen MR) is 82.6 cm³/mol. The summed E-state index contributed by atoms with van der Waals surface area (Å²) in [4.78, 5) is 2.05. The number of nitrogens with two attached hydrogens (primary N) is 1. The van der Waals surface area contributed by atoms with Crippen LogP contribution in [0.2, 0.25) is 5.02 Å². The molecule has 21 heavy (non-hydrogen) atoms. The van der Waals surface area contributed by atoms with Gasteiger partial charge in [0.1, 0.15) is 0 Å². The van der Waals surface area contributed by atoms with E-state index in [1.807, 2.05) is 19.0 Å². The van der Waals surface area contributed by atoms with E-state index in [4.69, 9.17) is 17.4 Å². The van der Waals surface area contributed by atoms with Crippen LogP contribution in [0.4, 0.5) is 0 Å². The minimum absolute atomic E-state index is 0.0766. The lowest BCUT2D eigenvalue weighted by Gasteiger charge is -2.24. The Labute approximate surface area is 130 Å². The van der Waals surface area contributed by atoms with Gasteiger partial charge in [0, 0.05) is 6.54 Å². The van der Waals surface area contributed by atoms with Crippen LogP contribution in [0, 0.1) is 5.92 Å². The van der Waals surface area contributed by atoms with Gasteiger partial charge in [-0.15, -0.1) is 0 Å². The molecule has 0 radical (unpaired) electrons. The SMILES string of the molecule is CN(C)CCn1ncc(Cl)c1C(NN)C1CCS(=O)(=O)C1. The molecule has 0 bridgehead atoms. The fourth-order valence-electron chi connectivity index (χ4n) is 2.68. The van der Waals surface area contributed by atoms with Crippen molar-refractivity contribution in [1.29, 1.82) is 0 Å². The summed E-state index contributed by atoms with van der Waals surface area (Å²) in [7, 11) is 0.989. The number of halogens is 1. The summed E-state index contributed by atoms with van der Waals surface area (Å²) in [6, 6.07) is -0.306. The zero-order valence-electron chi connectivity index (χ0n) is 12.3. The first kappa shape index (κ1) is 16.7. The normalized spacial score (nSPS) is 22.8. The Morgan fingerprint density at radius 3 is 2.86 bits per heavy atom. The summed E-state index contributed by atoms with van der Waals surface area (Å²) >= 11 is 6.24. The van der Waals surface area contributed by atoms with E-state index in [9.17, 15) is 8.42 Å². The van der Waals surface area contributed by atoms with Crippen LogP contribution in [0.1, 0.15) is 18.2 Å². The number of hydrogen-bond acceptors (Lipinski definition) is 6. The van der Waals surface area contributed by atoms with E-state index in [2.05, 4.69) is 10.5 Å². The quantitative estimate of drug-likeness (QED) is 0.563. The first-order valence-electron chi connectivity index (χ1n) is 6.86. The molecule has 9 heteroatoms. The second-order valence-electron chi connectivity index (χ2n) is 5.71. The van der Waals surface area contributed by atoms with Crippen LogP contribution in [0.3, 0.4) is 0 Å². The standard InChI is InChI=1S/C12H22ClN5O2S/c1-17(2)4-5-18-12(10(13)7-15-18)11(16-14)9-3-6-21(19,20)8-9/h7,9,11,16H,3-6,8,14H2,1-2H3. The van der Waals surface area contributed by atoms with Gasteiger partial charge in [0.15, 0.2) is 9.84 Å². The zero-order chi connectivity index (χ0) is 15.6. The molecule has 0 aliphatic carbocycles. The topological polar surface area (TPSA) is 93.2 Å². The molecule has 0 amide bonds. The lowest BCUT2D eigenvalue weighted by molar-refractivity contribution is 0.340. The summed E-state index contributed by atoms with van der Waals surface area (Å²) in [6.07, 6.45) is 2.17. The van der Waals surface area contributed by atoms with E-state index in [1.165, 1.54) is 0 Å². The highest BCUT2D eigenvalue weighted by molar-refractivity contribution is 7.91. The summed E-state index contributed by atoms with van der Waals surface area (Å²) in [5, 5.41) is 4.79. The third-order valence-corrected chi connectivity index (χ3v) is 5.89. The molecular weight excluding hydrogens is 314 g/mol. The van der Waals surface area contributed by atoms with Gasteiger partial charge in [0.2, 0.25) is 0 Å². The van der Waals surface area contributed by atoms with Crippen molar-refractivity contribution in [2.75, 3.05) is 32.1 Å². The molecule has 0 aromatic carbocycles. The highest BCUT2D eigenvalue weighted by atomic mass is 35.5. The molecule has 2 heterocycles. The van der Waals surface area contributed by atoms with Crippen LogP contribution in [-0.2, 0) is 16.4 Å². The monoisotopic (exact) mass is 335 g/mol. The van der Waals surface area contributed by atoms with Gasteiger partial charge in [0.25, 0.3) is 0 Å². The van der Waals surface area contributed by atoms with E-state index >= 15 is 0 Å². The van der Waals surface area contributed by atoms with E-state index < -0.39 is 9.84 Å². The molecule has 2 rings (SSSR count). The fourth-order valence-corrected chi connectivity index (χ4v) is 4.78. The number of hydrazine groups is 1. The van der Waals surface area contributed by atoms with Crippen LogP contribution >= 0.6 is 11.6 Å². The van der Waals surface area contributed by atoms with Gasteiger partial charge in [-0.2, -0.15) is 5.10 Å². The molecule has 1 fully saturated rings. The molecule has 7 nitrogen and oxygen atoms in total. The van der Waals surface area contributed by atoms with E-state index in [0.29, 0.717) is 18.0 Å². The molecule has 2 unspecified atom stereocenters. The Morgan fingerprint density at radius 2 is 2.33 bits per heavy atom. The van der Waals surface area contributed by atoms with Crippen molar-refractivity contribution < 1.29 is 8.42 Å². The molecule has 1 aliphatic heterocycles. The molecule has 0 saturated carbocycles. The summed E-state index contributed by atoms with van der Waals surface area (Å²) in [5.41, 5.74) is 3.50. The Bertz CT molecular complexity index is 586. The summed E-state index contributed by atoms with van der Waals surface area (Å²) in [6.45, 7) is 1.48. The van der Waals surface area contributed by atoms with Crippen LogP contribution in [-0.4, -0.2) is 55.2 Å². The average molecular weight is 336 g/mol. The van der Waals surface area contributed by atoms with E-state index in [1.54, 1.807) is 10.9 Å². The van der Waals surface area contributed by atoms with Gasteiger partial charge in [-0.1, -0.05) is 11.6 Å². The molecule has 1 saturated heterocycles. The van der Waals surface area contributed by atoms with Crippen LogP contribution in [0.25, 0.3) is 0 Å². The maximum absolute atomic E-state index is 11.7. The Morgan fingerprint density at radius 1 is 1.62 bits per heavy atom. The van der Waals surface area contributed by atoms with Crippen molar-refractivity contribution in [3.05, 3.63) is 16.9 Å². The van der Waals surface area contributed by atoms with Crippen molar-refractivity contribution in [1.82, 2.24) is 20.1 Å². The number of likely N-dealkylation sites (N-methyl/N-ethyl adjacent to an activating group) is 1. The number of aromatic nitrogens is 2. The largest absolute Gasteiger partial charge is 0.308 e. The molecule has 120 valence electrons. The van der Waals surface area contributed by atoms with Crippen LogP contribution in [0.15, 0.2) is 6.20 Å². The number of sulfone groups is 1. The van der Waals surface area contributed by atoms with Crippen molar-refractivity contribution in [3.8, 4) is 0 Å². The third-order valence-electron chi connectivity index (χ3n) is 3.81. The Hall–Kier alpha value is -0.670. The second-order valence-corrected chi connectivity index (χ2v) is 8.35. The predicted octanol–water partition coefficient (Wildman–Crippen LogP) is 0.0372. The zero-order valence-corrected chi connectivity index (χ0v) is 13.9. The molecule has 1 aromatic rings. The van der Waals surface area contributed by atoms with Gasteiger partial charge >= 0.3 is 0 Å². The highest BCUT2D eigenvalue weighted by Gasteiger charge is 2.36. The molecule has 2 atom stereocenters. The first-order valence-corrected chi connectivity index (χ1v) is 9.06. The van der Waals surface area contributed by atoms with Gasteiger partial charge in [-0.3, -0.25) is 16.0 Å². The van der Waals surface area contributed by atoms with Crippen molar-refractivity contribution >= 4 is 21.4 Å². The molecular formula is C12H22ClN5O2S. The minimum Gasteiger partial charge on any atom is -0.308 e. The van der Waals surface area contributed by atoms with E-state index in [0.717, 1.165) is 12.2 Å². The first-order chi connectivity index (χ1) is 9.84. The maximum Gasteiger partial charge on any atom is 0.150 e. The van der Waals surface area contributed by atoms with Crippen molar-refractivity contribution in [2.45, 2.75) is 19.0 Å². The average Bonchev–Trinajstić information content (AvgIpc) is 2.93. The Kier molecular flexibility index (Phi) is 5.26. The van der Waals surface area contributed by atoms with Crippen LogP contribution in [0.5, 0.6) is 0 Å². The van der Waals surface area contributed by atoms with Gasteiger partial charge in [-0.05, 0) is 26.4 Å². The van der Waals surface area contributed by atoms with Gasteiger partial charge in [-0.25, -0.2) is 8.42 Å².